The van der Waals surface area contributed by atoms with Gasteiger partial charge in [0.15, 0.2) is 17.5 Å². The number of pyridine rings is 1. The Kier molecular flexibility index (Phi) is 8.11. The molecular weight excluding hydrogens is 783 g/mol. The summed E-state index contributed by atoms with van der Waals surface area (Å²) in [6.45, 7) is 0. The van der Waals surface area contributed by atoms with Gasteiger partial charge in [0.05, 0.1) is 33.0 Å². The summed E-state index contributed by atoms with van der Waals surface area (Å²) in [4.78, 5) is 20.6. The highest BCUT2D eigenvalue weighted by atomic mass is 16.3. The lowest BCUT2D eigenvalue weighted by Gasteiger charge is -2.12. The highest BCUT2D eigenvalue weighted by Gasteiger charge is 2.20. The molecule has 0 amide bonds. The van der Waals surface area contributed by atoms with Crippen LogP contribution in [0, 0.1) is 0 Å². The summed E-state index contributed by atoms with van der Waals surface area (Å²) >= 11 is 0. The lowest BCUT2D eigenvalue weighted by Crippen LogP contribution is -2.01. The molecule has 9 aromatic carbocycles. The molecule has 0 aliphatic carbocycles. The van der Waals surface area contributed by atoms with Crippen LogP contribution in [0.25, 0.3) is 128 Å². The van der Waals surface area contributed by atoms with Gasteiger partial charge in [0.2, 0.25) is 0 Å². The summed E-state index contributed by atoms with van der Waals surface area (Å²) in [6, 6.07) is 73.8. The van der Waals surface area contributed by atoms with Crippen molar-refractivity contribution in [1.82, 2.24) is 24.5 Å². The number of rotatable bonds is 6. The molecule has 4 aromatic heterocycles. The number of hydrogen-bond acceptors (Lipinski definition) is 5. The van der Waals surface area contributed by atoms with Crippen molar-refractivity contribution in [3.8, 4) is 62.2 Å². The van der Waals surface area contributed by atoms with Crippen LogP contribution in [0.15, 0.2) is 217 Å². The van der Waals surface area contributed by atoms with E-state index >= 15 is 0 Å². The van der Waals surface area contributed by atoms with E-state index in [1.165, 1.54) is 10.8 Å². The molecule has 6 heteroatoms. The number of furan rings is 1. The van der Waals surface area contributed by atoms with Gasteiger partial charge in [-0.3, -0.25) is 0 Å². The molecule has 13 aromatic rings. The van der Waals surface area contributed by atoms with Gasteiger partial charge in [0.1, 0.15) is 11.2 Å². The summed E-state index contributed by atoms with van der Waals surface area (Å²) < 4.78 is 8.99. The van der Waals surface area contributed by atoms with E-state index in [0.717, 1.165) is 99.4 Å². The van der Waals surface area contributed by atoms with E-state index in [-0.39, 0.29) is 0 Å². The minimum atomic E-state index is 0.605. The fraction of sp³-hybridized carbons (Fsp3) is 0. The molecule has 0 saturated heterocycles. The smallest absolute Gasteiger partial charge is 0.164 e. The summed E-state index contributed by atoms with van der Waals surface area (Å²) in [6.07, 6.45) is 0. The van der Waals surface area contributed by atoms with Crippen molar-refractivity contribution in [3.63, 3.8) is 0 Å². The molecule has 0 unspecified atom stereocenters. The second-order valence-electron chi connectivity index (χ2n) is 16.2. The summed E-state index contributed by atoms with van der Waals surface area (Å²) in [7, 11) is 0. The first kappa shape index (κ1) is 36.0. The Morgan fingerprint density at radius 3 is 1.67 bits per heavy atom. The first-order valence-corrected chi connectivity index (χ1v) is 21.5. The molecule has 298 valence electrons. The van der Waals surface area contributed by atoms with Gasteiger partial charge < -0.3 is 8.98 Å². The zero-order valence-electron chi connectivity index (χ0n) is 34.4. The Balaban J connectivity index is 0.905. The van der Waals surface area contributed by atoms with Crippen LogP contribution < -0.4 is 0 Å². The van der Waals surface area contributed by atoms with Crippen LogP contribution in [0.5, 0.6) is 0 Å². The van der Waals surface area contributed by atoms with Crippen molar-refractivity contribution >= 4 is 65.4 Å². The Morgan fingerprint density at radius 2 is 0.906 bits per heavy atom. The molecule has 0 atom stereocenters. The topological polar surface area (TPSA) is 69.6 Å². The molecule has 13 rings (SSSR count). The van der Waals surface area contributed by atoms with Crippen molar-refractivity contribution in [3.05, 3.63) is 212 Å². The SMILES string of the molecule is c1ccc(-c2nc(-c3ccc(-c4cccc(-c5nc6ccc7ccccc7c6c6oc7ccccc7c56)c4)cc3)nc(-c3cccc(-n4c5ccccc5c5ccccc54)c3)n2)cc1. The number of benzene rings is 9. The van der Waals surface area contributed by atoms with Crippen LogP contribution in [0.3, 0.4) is 0 Å². The van der Waals surface area contributed by atoms with E-state index < -0.39 is 0 Å². The van der Waals surface area contributed by atoms with Crippen LogP contribution in [-0.2, 0) is 0 Å². The van der Waals surface area contributed by atoms with Crippen LogP contribution in [0.2, 0.25) is 0 Å². The van der Waals surface area contributed by atoms with Gasteiger partial charge in [-0.05, 0) is 64.4 Å². The quantitative estimate of drug-likeness (QED) is 0.156. The Morgan fingerprint density at radius 1 is 0.344 bits per heavy atom. The second-order valence-corrected chi connectivity index (χ2v) is 16.2. The van der Waals surface area contributed by atoms with Crippen LogP contribution in [-0.4, -0.2) is 24.5 Å². The van der Waals surface area contributed by atoms with Crippen LogP contribution >= 0.6 is 0 Å². The van der Waals surface area contributed by atoms with Crippen molar-refractivity contribution in [2.75, 3.05) is 0 Å². The molecule has 0 spiro atoms. The van der Waals surface area contributed by atoms with Gasteiger partial charge in [0, 0.05) is 44.1 Å². The van der Waals surface area contributed by atoms with Gasteiger partial charge in [-0.25, -0.2) is 19.9 Å². The van der Waals surface area contributed by atoms with E-state index in [4.69, 9.17) is 24.4 Å². The zero-order chi connectivity index (χ0) is 42.1. The molecular formula is C58H35N5O. The molecule has 0 aliphatic heterocycles. The normalized spacial score (nSPS) is 11.8. The minimum Gasteiger partial charge on any atom is -0.455 e. The lowest BCUT2D eigenvalue weighted by atomic mass is 9.96. The molecule has 4 heterocycles. The third kappa shape index (κ3) is 5.81. The van der Waals surface area contributed by atoms with Gasteiger partial charge in [0.25, 0.3) is 0 Å². The summed E-state index contributed by atoms with van der Waals surface area (Å²) in [5.41, 5.74) is 12.7. The largest absolute Gasteiger partial charge is 0.455 e. The van der Waals surface area contributed by atoms with Gasteiger partial charge in [-0.2, -0.15) is 0 Å². The molecule has 6 nitrogen and oxygen atoms in total. The summed E-state index contributed by atoms with van der Waals surface area (Å²) in [5, 5.41) is 7.83. The second kappa shape index (κ2) is 14.4. The average molecular weight is 818 g/mol. The van der Waals surface area contributed by atoms with Crippen molar-refractivity contribution in [1.29, 1.82) is 0 Å². The Labute approximate surface area is 367 Å². The molecule has 0 saturated carbocycles. The van der Waals surface area contributed by atoms with Crippen LogP contribution in [0.1, 0.15) is 0 Å². The fourth-order valence-electron chi connectivity index (χ4n) is 9.43. The van der Waals surface area contributed by atoms with Gasteiger partial charge in [-0.1, -0.05) is 170 Å². The van der Waals surface area contributed by atoms with Crippen molar-refractivity contribution in [2.24, 2.45) is 0 Å². The number of nitrogens with zero attached hydrogens (tertiary/aromatic N) is 5. The van der Waals surface area contributed by atoms with Crippen molar-refractivity contribution in [2.45, 2.75) is 0 Å². The highest BCUT2D eigenvalue weighted by Crippen LogP contribution is 2.42. The predicted octanol–water partition coefficient (Wildman–Crippen LogP) is 14.9. The van der Waals surface area contributed by atoms with E-state index in [1.807, 2.05) is 42.5 Å². The molecule has 0 bridgehead atoms. The van der Waals surface area contributed by atoms with Crippen molar-refractivity contribution < 1.29 is 4.42 Å². The van der Waals surface area contributed by atoms with E-state index in [0.29, 0.717) is 17.5 Å². The lowest BCUT2D eigenvalue weighted by molar-refractivity contribution is 0.673. The maximum absolute atomic E-state index is 6.68. The molecule has 0 radical (unpaired) electrons. The molecule has 64 heavy (non-hydrogen) atoms. The molecule has 0 aliphatic rings. The monoisotopic (exact) mass is 817 g/mol. The minimum absolute atomic E-state index is 0.605. The fourth-order valence-corrected chi connectivity index (χ4v) is 9.43. The van der Waals surface area contributed by atoms with Gasteiger partial charge >= 0.3 is 0 Å². The average Bonchev–Trinajstić information content (AvgIpc) is 3.93. The standard InChI is InChI=1S/C58H35N5O/c1-2-15-38(16-3-1)56-60-57(62-58(61-56)42-19-13-20-43(35-42)63-49-25-9-6-22-45(49)46-23-7-10-26-50(46)63)39-30-28-36(29-31-39)40-17-12-18-41(34-40)54-53-47-24-8-11-27-51(47)64-55(53)52-44-21-5-4-14-37(44)32-33-48(52)59-54/h1-35H. The third-order valence-corrected chi connectivity index (χ3v) is 12.4. The number of aromatic nitrogens is 5. The Hall–Kier alpha value is -8.74. The Bertz CT molecular complexity index is 3910. The highest BCUT2D eigenvalue weighted by molar-refractivity contribution is 6.25. The number of fused-ring (bicyclic) bond motifs is 10. The maximum atomic E-state index is 6.68. The summed E-state index contributed by atoms with van der Waals surface area (Å²) in [5.74, 6) is 1.83. The maximum Gasteiger partial charge on any atom is 0.164 e. The first-order chi connectivity index (χ1) is 31.7. The number of para-hydroxylation sites is 3. The van der Waals surface area contributed by atoms with Gasteiger partial charge in [-0.15, -0.1) is 0 Å². The number of hydrogen-bond donors (Lipinski definition) is 0. The zero-order valence-corrected chi connectivity index (χ0v) is 34.4. The molecule has 0 fully saturated rings. The third-order valence-electron chi connectivity index (χ3n) is 12.4. The van der Waals surface area contributed by atoms with E-state index in [2.05, 4.69) is 174 Å². The van der Waals surface area contributed by atoms with Crippen LogP contribution in [0.4, 0.5) is 0 Å². The van der Waals surface area contributed by atoms with E-state index in [9.17, 15) is 0 Å². The van der Waals surface area contributed by atoms with E-state index in [1.54, 1.807) is 0 Å². The molecule has 0 N–H and O–H groups in total. The first-order valence-electron chi connectivity index (χ1n) is 21.5. The predicted molar refractivity (Wildman–Crippen MR) is 261 cm³/mol.